The molecule has 0 spiro atoms. The van der Waals surface area contributed by atoms with Crippen molar-refractivity contribution in [3.8, 4) is 0 Å². The maximum absolute atomic E-state index is 12.2. The van der Waals surface area contributed by atoms with Crippen molar-refractivity contribution in [2.24, 2.45) is 5.92 Å². The Morgan fingerprint density at radius 2 is 1.95 bits per heavy atom. The van der Waals surface area contributed by atoms with Crippen molar-refractivity contribution in [1.29, 1.82) is 0 Å². The zero-order valence-electron chi connectivity index (χ0n) is 10.6. The van der Waals surface area contributed by atoms with Crippen molar-refractivity contribution in [1.82, 2.24) is 5.32 Å². The topological polar surface area (TPSA) is 42.2 Å². The van der Waals surface area contributed by atoms with E-state index in [4.69, 9.17) is 27.6 Å². The smallest absolute Gasteiger partial charge is 0.227 e. The largest absolute Gasteiger partial charge is 0.467 e. The summed E-state index contributed by atoms with van der Waals surface area (Å²) in [6.45, 7) is 0.341. The van der Waals surface area contributed by atoms with Crippen molar-refractivity contribution >= 4 is 29.1 Å². The Hall–Kier alpha value is -1.45. The average molecular weight is 310 g/mol. The van der Waals surface area contributed by atoms with Crippen molar-refractivity contribution in [3.63, 3.8) is 0 Å². The SMILES string of the molecule is O=C(NCc1ccco1)[C@H]1[C@@H](c2ccccc2)C1(Cl)Cl. The molecule has 2 aromatic rings. The molecule has 1 N–H and O–H groups in total. The number of carbonyl (C=O) groups is 1. The number of halogens is 2. The van der Waals surface area contributed by atoms with Gasteiger partial charge < -0.3 is 9.73 Å². The molecule has 1 aliphatic rings. The number of benzene rings is 1. The Bertz CT molecular complexity index is 596. The summed E-state index contributed by atoms with van der Waals surface area (Å²) in [5, 5.41) is 2.80. The first kappa shape index (κ1) is 13.5. The third-order valence-electron chi connectivity index (χ3n) is 3.51. The van der Waals surface area contributed by atoms with Gasteiger partial charge in [0.1, 0.15) is 10.1 Å². The minimum atomic E-state index is -1.03. The molecule has 1 aromatic heterocycles. The molecule has 0 bridgehead atoms. The van der Waals surface area contributed by atoms with Crippen LogP contribution in [0.2, 0.25) is 0 Å². The van der Waals surface area contributed by atoms with E-state index in [2.05, 4.69) is 5.32 Å². The molecule has 3 nitrogen and oxygen atoms in total. The molecule has 1 fully saturated rings. The van der Waals surface area contributed by atoms with Gasteiger partial charge in [0.05, 0.1) is 18.7 Å². The first-order valence-corrected chi connectivity index (χ1v) is 7.09. The molecule has 20 heavy (non-hydrogen) atoms. The number of carbonyl (C=O) groups excluding carboxylic acids is 1. The van der Waals surface area contributed by atoms with Gasteiger partial charge in [-0.2, -0.15) is 0 Å². The number of rotatable bonds is 4. The minimum Gasteiger partial charge on any atom is -0.467 e. The monoisotopic (exact) mass is 309 g/mol. The zero-order chi connectivity index (χ0) is 14.2. The fraction of sp³-hybridized carbons (Fsp3) is 0.267. The van der Waals surface area contributed by atoms with Crippen molar-refractivity contribution in [3.05, 3.63) is 60.1 Å². The Morgan fingerprint density at radius 1 is 1.20 bits per heavy atom. The first-order valence-electron chi connectivity index (χ1n) is 6.33. The Labute approximate surface area is 126 Å². The quantitative estimate of drug-likeness (QED) is 0.879. The van der Waals surface area contributed by atoms with E-state index in [1.165, 1.54) is 0 Å². The predicted molar refractivity (Wildman–Crippen MR) is 77.7 cm³/mol. The maximum atomic E-state index is 12.2. The number of amides is 1. The van der Waals surface area contributed by atoms with Crippen molar-refractivity contribution in [2.75, 3.05) is 0 Å². The van der Waals surface area contributed by atoms with Crippen LogP contribution in [0.1, 0.15) is 17.2 Å². The van der Waals surface area contributed by atoms with Crippen LogP contribution in [0, 0.1) is 5.92 Å². The lowest BCUT2D eigenvalue weighted by atomic mass is 10.1. The molecule has 1 amide bonds. The third-order valence-corrected chi connectivity index (χ3v) is 4.45. The lowest BCUT2D eigenvalue weighted by Crippen LogP contribution is -2.26. The van der Waals surface area contributed by atoms with Gasteiger partial charge in [-0.1, -0.05) is 30.3 Å². The van der Waals surface area contributed by atoms with Gasteiger partial charge >= 0.3 is 0 Å². The fourth-order valence-corrected chi connectivity index (χ4v) is 3.25. The molecular weight excluding hydrogens is 297 g/mol. The van der Waals surface area contributed by atoms with Gasteiger partial charge in [-0.25, -0.2) is 0 Å². The summed E-state index contributed by atoms with van der Waals surface area (Å²) < 4.78 is 4.13. The number of alkyl halides is 2. The van der Waals surface area contributed by atoms with E-state index in [1.807, 2.05) is 30.3 Å². The van der Waals surface area contributed by atoms with Crippen molar-refractivity contribution < 1.29 is 9.21 Å². The van der Waals surface area contributed by atoms with E-state index in [1.54, 1.807) is 18.4 Å². The van der Waals surface area contributed by atoms with Crippen LogP contribution < -0.4 is 5.32 Å². The first-order chi connectivity index (χ1) is 9.60. The van der Waals surface area contributed by atoms with E-state index < -0.39 is 10.3 Å². The number of furan rings is 1. The van der Waals surface area contributed by atoms with E-state index in [-0.39, 0.29) is 11.8 Å². The Morgan fingerprint density at radius 3 is 2.60 bits per heavy atom. The molecule has 0 saturated heterocycles. The summed E-state index contributed by atoms with van der Waals surface area (Å²) in [6, 6.07) is 13.2. The van der Waals surface area contributed by atoms with Crippen LogP contribution in [0.25, 0.3) is 0 Å². The standard InChI is InChI=1S/C15H13Cl2NO2/c16-15(17)12(10-5-2-1-3-6-10)13(15)14(19)18-9-11-7-4-8-20-11/h1-8,12-13H,9H2,(H,18,19)/t12-,13-/m1/s1. The number of nitrogens with one attached hydrogen (secondary N) is 1. The highest BCUT2D eigenvalue weighted by Gasteiger charge is 2.67. The fourth-order valence-electron chi connectivity index (χ4n) is 2.43. The highest BCUT2D eigenvalue weighted by atomic mass is 35.5. The second-order valence-corrected chi connectivity index (χ2v) is 6.28. The molecule has 1 aliphatic carbocycles. The average Bonchev–Trinajstić information content (AvgIpc) is 2.80. The van der Waals surface area contributed by atoms with Crippen LogP contribution in [-0.4, -0.2) is 10.2 Å². The molecular formula is C15H13Cl2NO2. The predicted octanol–water partition coefficient (Wildman–Crippen LogP) is 3.48. The summed E-state index contributed by atoms with van der Waals surface area (Å²) in [6.07, 6.45) is 1.57. The summed E-state index contributed by atoms with van der Waals surface area (Å²) in [5.74, 6) is -0.0444. The van der Waals surface area contributed by atoms with Gasteiger partial charge in [-0.05, 0) is 17.7 Å². The molecule has 0 radical (unpaired) electrons. The lowest BCUT2D eigenvalue weighted by Gasteiger charge is -2.02. The molecule has 3 rings (SSSR count). The summed E-state index contributed by atoms with van der Waals surface area (Å²) >= 11 is 12.5. The van der Waals surface area contributed by atoms with Gasteiger partial charge in [-0.15, -0.1) is 23.2 Å². The molecule has 5 heteroatoms. The molecule has 104 valence electrons. The van der Waals surface area contributed by atoms with Gasteiger partial charge in [0.15, 0.2) is 0 Å². The van der Waals surface area contributed by atoms with Crippen LogP contribution in [0.15, 0.2) is 53.1 Å². The van der Waals surface area contributed by atoms with Gasteiger partial charge in [0, 0.05) is 5.92 Å². The highest BCUT2D eigenvalue weighted by molar-refractivity contribution is 6.53. The molecule has 0 aliphatic heterocycles. The highest BCUT2D eigenvalue weighted by Crippen LogP contribution is 2.64. The van der Waals surface area contributed by atoms with E-state index in [0.29, 0.717) is 12.3 Å². The number of hydrogen-bond acceptors (Lipinski definition) is 2. The van der Waals surface area contributed by atoms with Crippen molar-refractivity contribution in [2.45, 2.75) is 16.8 Å². The van der Waals surface area contributed by atoms with Gasteiger partial charge in [0.2, 0.25) is 5.91 Å². The minimum absolute atomic E-state index is 0.153. The van der Waals surface area contributed by atoms with Crippen LogP contribution in [0.5, 0.6) is 0 Å². The second kappa shape index (κ2) is 5.15. The van der Waals surface area contributed by atoms with Gasteiger partial charge in [-0.3, -0.25) is 4.79 Å². The van der Waals surface area contributed by atoms with Gasteiger partial charge in [0.25, 0.3) is 0 Å². The molecule has 1 heterocycles. The van der Waals surface area contributed by atoms with E-state index in [0.717, 1.165) is 5.56 Å². The molecule has 1 saturated carbocycles. The van der Waals surface area contributed by atoms with Crippen LogP contribution in [0.3, 0.4) is 0 Å². The van der Waals surface area contributed by atoms with Crippen LogP contribution in [-0.2, 0) is 11.3 Å². The van der Waals surface area contributed by atoms with E-state index >= 15 is 0 Å². The second-order valence-electron chi connectivity index (χ2n) is 4.84. The Kier molecular flexibility index (Phi) is 3.48. The Balaban J connectivity index is 1.67. The van der Waals surface area contributed by atoms with E-state index in [9.17, 15) is 4.79 Å². The molecule has 0 unspecified atom stereocenters. The van der Waals surface area contributed by atoms with Crippen LogP contribution in [0.4, 0.5) is 0 Å². The van der Waals surface area contributed by atoms with Crippen LogP contribution >= 0.6 is 23.2 Å². The summed E-state index contributed by atoms with van der Waals surface area (Å²) in [5.41, 5.74) is 0.982. The molecule has 2 atom stereocenters. The molecule has 1 aromatic carbocycles. The number of hydrogen-bond donors (Lipinski definition) is 1. The zero-order valence-corrected chi connectivity index (χ0v) is 12.1. The third kappa shape index (κ3) is 2.43. The summed E-state index contributed by atoms with van der Waals surface area (Å²) in [7, 11) is 0. The normalized spacial score (nSPS) is 23.3. The maximum Gasteiger partial charge on any atom is 0.227 e. The summed E-state index contributed by atoms with van der Waals surface area (Å²) in [4.78, 5) is 12.2. The lowest BCUT2D eigenvalue weighted by molar-refractivity contribution is -0.122.